The van der Waals surface area contributed by atoms with E-state index in [-0.39, 0.29) is 29.4 Å². The molecule has 1 aliphatic carbocycles. The average Bonchev–Trinajstić information content (AvgIpc) is 3.05. The Hall–Kier alpha value is -3.00. The minimum absolute atomic E-state index is 0.104. The first-order valence-electron chi connectivity index (χ1n) is 9.30. The van der Waals surface area contributed by atoms with E-state index in [0.717, 1.165) is 25.7 Å². The molecule has 0 saturated heterocycles. The maximum absolute atomic E-state index is 13.2. The van der Waals surface area contributed by atoms with Crippen LogP contribution in [0.15, 0.2) is 36.5 Å². The highest BCUT2D eigenvalue weighted by Gasteiger charge is 2.40. The lowest BCUT2D eigenvalue weighted by Gasteiger charge is -2.37. The number of fused-ring (bicyclic) bond motifs is 1. The second-order valence-electron chi connectivity index (χ2n) is 7.09. The Morgan fingerprint density at radius 1 is 1.25 bits per heavy atom. The Morgan fingerprint density at radius 2 is 2.00 bits per heavy atom. The lowest BCUT2D eigenvalue weighted by molar-refractivity contribution is 0.0296. The smallest absolute Gasteiger partial charge is 0.266 e. The Morgan fingerprint density at radius 3 is 2.75 bits per heavy atom. The molecule has 1 aliphatic heterocycles. The van der Waals surface area contributed by atoms with E-state index in [1.54, 1.807) is 17.0 Å². The average molecular weight is 384 g/mol. The zero-order valence-electron chi connectivity index (χ0n) is 15.2. The maximum Gasteiger partial charge on any atom is 0.266 e. The van der Waals surface area contributed by atoms with Crippen molar-refractivity contribution in [2.24, 2.45) is 5.84 Å². The Labute approximate surface area is 161 Å². The normalized spacial score (nSPS) is 21.4. The van der Waals surface area contributed by atoms with Gasteiger partial charge in [0.1, 0.15) is 17.7 Å². The molecule has 0 spiro atoms. The molecule has 28 heavy (non-hydrogen) atoms. The van der Waals surface area contributed by atoms with Crippen molar-refractivity contribution in [1.29, 1.82) is 0 Å². The molecule has 2 heterocycles. The van der Waals surface area contributed by atoms with Gasteiger partial charge in [-0.15, -0.1) is 0 Å². The molecule has 3 N–H and O–H groups in total. The van der Waals surface area contributed by atoms with Gasteiger partial charge in [-0.2, -0.15) is 0 Å². The summed E-state index contributed by atoms with van der Waals surface area (Å²) in [5, 5.41) is 0. The van der Waals surface area contributed by atoms with Crippen LogP contribution >= 0.6 is 0 Å². The fourth-order valence-corrected chi connectivity index (χ4v) is 3.93. The summed E-state index contributed by atoms with van der Waals surface area (Å²) in [4.78, 5) is 30.8. The Bertz CT molecular complexity index is 903. The lowest BCUT2D eigenvalue weighted by atomic mass is 9.91. The van der Waals surface area contributed by atoms with E-state index < -0.39 is 5.91 Å². The van der Waals surface area contributed by atoms with E-state index in [0.29, 0.717) is 23.6 Å². The molecule has 2 unspecified atom stereocenters. The minimum atomic E-state index is -0.489. The first-order valence-corrected chi connectivity index (χ1v) is 9.30. The molecule has 7 nitrogen and oxygen atoms in total. The molecule has 1 saturated carbocycles. The minimum Gasteiger partial charge on any atom is -0.488 e. The lowest BCUT2D eigenvalue weighted by Crippen LogP contribution is -2.48. The number of benzene rings is 1. The first-order chi connectivity index (χ1) is 13.6. The van der Waals surface area contributed by atoms with Crippen LogP contribution < -0.4 is 16.0 Å². The van der Waals surface area contributed by atoms with Gasteiger partial charge in [-0.05, 0) is 49.6 Å². The number of nitrogens with one attached hydrogen (secondary N) is 1. The molecule has 0 radical (unpaired) electrons. The number of amides is 2. The quantitative estimate of drug-likeness (QED) is 0.478. The van der Waals surface area contributed by atoms with Gasteiger partial charge >= 0.3 is 0 Å². The van der Waals surface area contributed by atoms with Gasteiger partial charge in [0.25, 0.3) is 11.8 Å². The molecule has 8 heteroatoms. The third kappa shape index (κ3) is 3.43. The third-order valence-electron chi connectivity index (χ3n) is 5.34. The molecule has 1 aromatic heterocycles. The summed E-state index contributed by atoms with van der Waals surface area (Å²) in [6.07, 6.45) is 4.89. The number of ether oxygens (including phenoxy) is 1. The molecule has 146 valence electrons. The van der Waals surface area contributed by atoms with Crippen LogP contribution in [0.5, 0.6) is 5.75 Å². The van der Waals surface area contributed by atoms with Crippen molar-refractivity contribution in [1.82, 2.24) is 15.3 Å². The van der Waals surface area contributed by atoms with Crippen molar-refractivity contribution < 1.29 is 18.7 Å². The van der Waals surface area contributed by atoms with Crippen molar-refractivity contribution in [2.75, 3.05) is 0 Å². The van der Waals surface area contributed by atoms with Crippen LogP contribution in [0.25, 0.3) is 0 Å². The molecule has 0 bridgehead atoms. The van der Waals surface area contributed by atoms with Gasteiger partial charge in [0.05, 0.1) is 29.4 Å². The van der Waals surface area contributed by atoms with Crippen LogP contribution in [0.2, 0.25) is 0 Å². The van der Waals surface area contributed by atoms with Crippen molar-refractivity contribution in [3.63, 3.8) is 0 Å². The standard InChI is InChI=1S/C20H21FN4O3/c21-13-5-7-14(8-6-13)28-18-4-2-1-3-17(18)25-11-16-15(20(25)27)9-12(10-23-16)19(26)24-22/h5-10,17-18H,1-4,11,22H2,(H,24,26). The second kappa shape index (κ2) is 7.55. The number of pyridine rings is 1. The fourth-order valence-electron chi connectivity index (χ4n) is 3.93. The van der Waals surface area contributed by atoms with Gasteiger partial charge in [-0.1, -0.05) is 6.42 Å². The highest BCUT2D eigenvalue weighted by Crippen LogP contribution is 2.33. The predicted molar refractivity (Wildman–Crippen MR) is 98.8 cm³/mol. The number of hydrazine groups is 1. The monoisotopic (exact) mass is 384 g/mol. The predicted octanol–water partition coefficient (Wildman–Crippen LogP) is 2.17. The number of halogens is 1. The van der Waals surface area contributed by atoms with Gasteiger partial charge in [-0.25, -0.2) is 10.2 Å². The van der Waals surface area contributed by atoms with Crippen molar-refractivity contribution in [2.45, 2.75) is 44.4 Å². The third-order valence-corrected chi connectivity index (χ3v) is 5.34. The largest absolute Gasteiger partial charge is 0.488 e. The summed E-state index contributed by atoms with van der Waals surface area (Å²) in [5.41, 5.74) is 3.37. The number of carbonyl (C=O) groups is 2. The van der Waals surface area contributed by atoms with Crippen molar-refractivity contribution >= 4 is 11.8 Å². The highest BCUT2D eigenvalue weighted by atomic mass is 19.1. The molecule has 2 atom stereocenters. The number of nitrogens with two attached hydrogens (primary N) is 1. The van der Waals surface area contributed by atoms with Crippen LogP contribution in [0, 0.1) is 5.82 Å². The molecular weight excluding hydrogens is 363 g/mol. The number of nitrogens with zero attached hydrogens (tertiary/aromatic N) is 2. The highest BCUT2D eigenvalue weighted by molar-refractivity contribution is 6.01. The number of nitrogen functional groups attached to an aromatic ring is 1. The number of rotatable bonds is 4. The van der Waals surface area contributed by atoms with E-state index in [1.807, 2.05) is 5.43 Å². The first kappa shape index (κ1) is 18.4. The summed E-state index contributed by atoms with van der Waals surface area (Å²) in [6, 6.07) is 7.34. The van der Waals surface area contributed by atoms with E-state index in [1.165, 1.54) is 24.4 Å². The van der Waals surface area contributed by atoms with Crippen molar-refractivity contribution in [3.05, 3.63) is 59.2 Å². The van der Waals surface area contributed by atoms with Crippen LogP contribution in [-0.4, -0.2) is 33.8 Å². The summed E-state index contributed by atoms with van der Waals surface area (Å²) < 4.78 is 19.3. The fraction of sp³-hybridized carbons (Fsp3) is 0.350. The van der Waals surface area contributed by atoms with Gasteiger partial charge < -0.3 is 9.64 Å². The summed E-state index contributed by atoms with van der Waals surface area (Å²) >= 11 is 0. The summed E-state index contributed by atoms with van der Waals surface area (Å²) in [7, 11) is 0. The van der Waals surface area contributed by atoms with Crippen LogP contribution in [0.3, 0.4) is 0 Å². The summed E-state index contributed by atoms with van der Waals surface area (Å²) in [6.45, 7) is 0.382. The SMILES string of the molecule is NNC(=O)c1cnc2c(c1)C(=O)N(C1CCCCC1Oc1ccc(F)cc1)C2. The van der Waals surface area contributed by atoms with Gasteiger partial charge in [0.15, 0.2) is 0 Å². The number of hydrogen-bond donors (Lipinski definition) is 2. The summed E-state index contributed by atoms with van der Waals surface area (Å²) in [5.74, 6) is 4.79. The van der Waals surface area contributed by atoms with Gasteiger partial charge in [0.2, 0.25) is 0 Å². The van der Waals surface area contributed by atoms with Gasteiger partial charge in [-0.3, -0.25) is 20.0 Å². The number of aromatic nitrogens is 1. The number of carbonyl (C=O) groups excluding carboxylic acids is 2. The zero-order valence-corrected chi connectivity index (χ0v) is 15.2. The molecule has 2 aromatic rings. The van der Waals surface area contributed by atoms with Crippen LogP contribution in [0.1, 0.15) is 52.1 Å². The number of hydrogen-bond acceptors (Lipinski definition) is 5. The van der Waals surface area contributed by atoms with Gasteiger partial charge in [0, 0.05) is 6.20 Å². The van der Waals surface area contributed by atoms with Crippen LogP contribution in [-0.2, 0) is 6.54 Å². The molecular formula is C20H21FN4O3. The molecule has 1 fully saturated rings. The maximum atomic E-state index is 13.2. The molecule has 2 amide bonds. The second-order valence-corrected chi connectivity index (χ2v) is 7.09. The Kier molecular flexibility index (Phi) is 4.95. The van der Waals surface area contributed by atoms with E-state index in [2.05, 4.69) is 4.98 Å². The van der Waals surface area contributed by atoms with E-state index >= 15 is 0 Å². The Balaban J connectivity index is 1.55. The molecule has 4 rings (SSSR count). The molecule has 2 aliphatic rings. The van der Waals surface area contributed by atoms with E-state index in [9.17, 15) is 14.0 Å². The van der Waals surface area contributed by atoms with E-state index in [4.69, 9.17) is 10.6 Å². The van der Waals surface area contributed by atoms with Crippen molar-refractivity contribution in [3.8, 4) is 5.75 Å². The topological polar surface area (TPSA) is 97.5 Å². The molecule has 1 aromatic carbocycles. The van der Waals surface area contributed by atoms with Crippen LogP contribution in [0.4, 0.5) is 4.39 Å². The zero-order chi connectivity index (χ0) is 19.7.